The Morgan fingerprint density at radius 2 is 1.96 bits per heavy atom. The molecular weight excluding hydrogens is 391 g/mol. The first kappa shape index (κ1) is 19.7. The molecule has 1 aliphatic heterocycles. The zero-order chi connectivity index (χ0) is 19.2. The van der Waals surface area contributed by atoms with Crippen molar-refractivity contribution in [3.05, 3.63) is 40.0 Å². The molecule has 2 aromatic rings. The Balaban J connectivity index is 1.86. The Morgan fingerprint density at radius 1 is 1.26 bits per heavy atom. The normalized spacial score (nSPS) is 14.6. The molecule has 1 fully saturated rings. The number of nitrogens with one attached hydrogen (secondary N) is 2. The van der Waals surface area contributed by atoms with Gasteiger partial charge in [-0.2, -0.15) is 4.98 Å². The van der Waals surface area contributed by atoms with E-state index in [2.05, 4.69) is 20.6 Å². The molecular formula is C18H20Cl2N4O3. The van der Waals surface area contributed by atoms with E-state index in [4.69, 9.17) is 32.7 Å². The van der Waals surface area contributed by atoms with E-state index in [0.29, 0.717) is 40.7 Å². The summed E-state index contributed by atoms with van der Waals surface area (Å²) in [4.78, 5) is 20.9. The van der Waals surface area contributed by atoms with Crippen LogP contribution in [0.1, 0.15) is 30.1 Å². The summed E-state index contributed by atoms with van der Waals surface area (Å²) < 4.78 is 10.5. The zero-order valence-corrected chi connectivity index (χ0v) is 16.3. The van der Waals surface area contributed by atoms with Crippen LogP contribution in [0.3, 0.4) is 0 Å². The van der Waals surface area contributed by atoms with Gasteiger partial charge in [0, 0.05) is 41.2 Å². The van der Waals surface area contributed by atoms with E-state index in [1.165, 1.54) is 6.20 Å². The second-order valence-electron chi connectivity index (χ2n) is 5.99. The molecule has 144 valence electrons. The average molecular weight is 411 g/mol. The van der Waals surface area contributed by atoms with Crippen LogP contribution < -0.4 is 10.6 Å². The number of rotatable bonds is 6. The van der Waals surface area contributed by atoms with Gasteiger partial charge < -0.3 is 20.1 Å². The number of halogens is 2. The van der Waals surface area contributed by atoms with Gasteiger partial charge in [-0.15, -0.1) is 0 Å². The monoisotopic (exact) mass is 410 g/mol. The molecule has 2 heterocycles. The van der Waals surface area contributed by atoms with Gasteiger partial charge in [-0.3, -0.25) is 0 Å². The molecule has 0 aliphatic carbocycles. The smallest absolute Gasteiger partial charge is 0.343 e. The number of hydrogen-bond donors (Lipinski definition) is 2. The molecule has 1 saturated heterocycles. The molecule has 0 radical (unpaired) electrons. The summed E-state index contributed by atoms with van der Waals surface area (Å²) >= 11 is 12.1. The molecule has 0 unspecified atom stereocenters. The van der Waals surface area contributed by atoms with E-state index in [1.54, 1.807) is 25.1 Å². The summed E-state index contributed by atoms with van der Waals surface area (Å²) in [5.74, 6) is 0.270. The highest BCUT2D eigenvalue weighted by atomic mass is 35.5. The van der Waals surface area contributed by atoms with Crippen LogP contribution in [0, 0.1) is 0 Å². The third-order valence-electron chi connectivity index (χ3n) is 3.96. The molecule has 0 bridgehead atoms. The van der Waals surface area contributed by atoms with Gasteiger partial charge in [-0.25, -0.2) is 9.78 Å². The summed E-state index contributed by atoms with van der Waals surface area (Å²) in [6.45, 7) is 3.37. The van der Waals surface area contributed by atoms with Gasteiger partial charge in [-0.1, -0.05) is 23.2 Å². The van der Waals surface area contributed by atoms with Crippen molar-refractivity contribution in [2.75, 3.05) is 30.5 Å². The van der Waals surface area contributed by atoms with Crippen molar-refractivity contribution in [2.45, 2.75) is 25.8 Å². The molecule has 0 amide bonds. The van der Waals surface area contributed by atoms with E-state index in [-0.39, 0.29) is 18.2 Å². The molecule has 1 aliphatic rings. The van der Waals surface area contributed by atoms with Crippen molar-refractivity contribution in [3.63, 3.8) is 0 Å². The zero-order valence-electron chi connectivity index (χ0n) is 14.8. The maximum atomic E-state index is 12.2. The minimum atomic E-state index is -0.468. The fraction of sp³-hybridized carbons (Fsp3) is 0.389. The second-order valence-corrected chi connectivity index (χ2v) is 6.86. The number of anilines is 3. The van der Waals surface area contributed by atoms with Crippen LogP contribution in [0.15, 0.2) is 24.4 Å². The summed E-state index contributed by atoms with van der Waals surface area (Å²) in [6, 6.07) is 5.22. The molecule has 7 nitrogen and oxygen atoms in total. The van der Waals surface area contributed by atoms with Gasteiger partial charge >= 0.3 is 5.97 Å². The van der Waals surface area contributed by atoms with E-state index in [9.17, 15) is 4.79 Å². The van der Waals surface area contributed by atoms with E-state index in [1.807, 2.05) is 0 Å². The van der Waals surface area contributed by atoms with Crippen LogP contribution in [0.4, 0.5) is 17.5 Å². The van der Waals surface area contributed by atoms with Gasteiger partial charge in [0.05, 0.1) is 6.61 Å². The molecule has 2 N–H and O–H groups in total. The lowest BCUT2D eigenvalue weighted by Gasteiger charge is -2.24. The molecule has 9 heteroatoms. The minimum Gasteiger partial charge on any atom is -0.462 e. The van der Waals surface area contributed by atoms with Crippen LogP contribution in [0.2, 0.25) is 10.0 Å². The lowest BCUT2D eigenvalue weighted by molar-refractivity contribution is 0.0526. The first-order chi connectivity index (χ1) is 13.0. The molecule has 0 spiro atoms. The topological polar surface area (TPSA) is 85.4 Å². The number of carbonyl (C=O) groups is 1. The van der Waals surface area contributed by atoms with Crippen molar-refractivity contribution >= 4 is 46.6 Å². The maximum Gasteiger partial charge on any atom is 0.343 e. The van der Waals surface area contributed by atoms with Crippen LogP contribution >= 0.6 is 23.2 Å². The summed E-state index contributed by atoms with van der Waals surface area (Å²) in [5, 5.41) is 7.36. The van der Waals surface area contributed by atoms with Crippen molar-refractivity contribution < 1.29 is 14.3 Å². The largest absolute Gasteiger partial charge is 0.462 e. The first-order valence-electron chi connectivity index (χ1n) is 8.66. The number of aromatic nitrogens is 2. The maximum absolute atomic E-state index is 12.2. The van der Waals surface area contributed by atoms with E-state index in [0.717, 1.165) is 12.8 Å². The Hall–Kier alpha value is -2.09. The van der Waals surface area contributed by atoms with Crippen molar-refractivity contribution in [2.24, 2.45) is 0 Å². The predicted molar refractivity (Wildman–Crippen MR) is 105 cm³/mol. The molecule has 27 heavy (non-hydrogen) atoms. The second kappa shape index (κ2) is 9.21. The Bertz CT molecular complexity index is 793. The highest BCUT2D eigenvalue weighted by Gasteiger charge is 2.20. The number of nitrogens with zero attached hydrogens (tertiary/aromatic N) is 2. The molecule has 1 aromatic heterocycles. The summed E-state index contributed by atoms with van der Waals surface area (Å²) in [6.07, 6.45) is 3.11. The predicted octanol–water partition coefficient (Wildman–Crippen LogP) is 4.29. The Morgan fingerprint density at radius 3 is 2.63 bits per heavy atom. The Kier molecular flexibility index (Phi) is 6.71. The fourth-order valence-electron chi connectivity index (χ4n) is 2.70. The molecule has 1 aromatic carbocycles. The minimum absolute atomic E-state index is 0.162. The standard InChI is InChI=1S/C18H20Cl2N4O3/c1-2-27-17(25)15-10-21-18(23-14-8-11(19)7-12(20)9-14)24-16(15)22-13-3-5-26-6-4-13/h7-10,13H,2-6H2,1H3,(H2,21,22,23,24). The molecule has 0 atom stereocenters. The van der Waals surface area contributed by atoms with Gasteiger partial charge in [0.2, 0.25) is 5.95 Å². The SMILES string of the molecule is CCOC(=O)c1cnc(Nc2cc(Cl)cc(Cl)c2)nc1NC1CCOCC1. The van der Waals surface area contributed by atoms with Gasteiger partial charge in [0.25, 0.3) is 0 Å². The van der Waals surface area contributed by atoms with Gasteiger partial charge in [0.1, 0.15) is 11.4 Å². The third kappa shape index (κ3) is 5.45. The van der Waals surface area contributed by atoms with E-state index >= 15 is 0 Å². The van der Waals surface area contributed by atoms with Crippen LogP contribution in [-0.2, 0) is 9.47 Å². The lowest BCUT2D eigenvalue weighted by Crippen LogP contribution is -2.29. The van der Waals surface area contributed by atoms with Crippen molar-refractivity contribution in [3.8, 4) is 0 Å². The number of ether oxygens (including phenoxy) is 2. The van der Waals surface area contributed by atoms with E-state index < -0.39 is 5.97 Å². The van der Waals surface area contributed by atoms with Crippen LogP contribution in [-0.4, -0.2) is 41.8 Å². The number of carbonyl (C=O) groups excluding carboxylic acids is 1. The first-order valence-corrected chi connectivity index (χ1v) is 9.42. The van der Waals surface area contributed by atoms with Crippen LogP contribution in [0.5, 0.6) is 0 Å². The quantitative estimate of drug-likeness (QED) is 0.686. The third-order valence-corrected chi connectivity index (χ3v) is 4.40. The Labute approximate surface area is 167 Å². The summed E-state index contributed by atoms with van der Waals surface area (Å²) in [5.41, 5.74) is 0.936. The average Bonchev–Trinajstić information content (AvgIpc) is 2.62. The highest BCUT2D eigenvalue weighted by Crippen LogP contribution is 2.26. The number of benzene rings is 1. The van der Waals surface area contributed by atoms with Crippen molar-refractivity contribution in [1.29, 1.82) is 0 Å². The fourth-order valence-corrected chi connectivity index (χ4v) is 3.23. The molecule has 3 rings (SSSR count). The van der Waals surface area contributed by atoms with Gasteiger partial charge in [-0.05, 0) is 38.0 Å². The van der Waals surface area contributed by atoms with Crippen molar-refractivity contribution in [1.82, 2.24) is 9.97 Å². The number of esters is 1. The van der Waals surface area contributed by atoms with Crippen LogP contribution in [0.25, 0.3) is 0 Å². The molecule has 0 saturated carbocycles. The number of hydrogen-bond acceptors (Lipinski definition) is 7. The highest BCUT2D eigenvalue weighted by molar-refractivity contribution is 6.35. The summed E-state index contributed by atoms with van der Waals surface area (Å²) in [7, 11) is 0. The lowest BCUT2D eigenvalue weighted by atomic mass is 10.1. The van der Waals surface area contributed by atoms with Gasteiger partial charge in [0.15, 0.2) is 0 Å².